The van der Waals surface area contributed by atoms with E-state index in [-0.39, 0.29) is 0 Å². The van der Waals surface area contributed by atoms with Crippen molar-refractivity contribution in [3.8, 4) is 0 Å². The summed E-state index contributed by atoms with van der Waals surface area (Å²) < 4.78 is 3.44. The molecule has 0 unspecified atom stereocenters. The Bertz CT molecular complexity index is 970. The lowest BCUT2D eigenvalue weighted by atomic mass is 10.2. The van der Waals surface area contributed by atoms with Crippen molar-refractivity contribution in [2.24, 2.45) is 0 Å². The molecule has 0 spiro atoms. The molecule has 0 radical (unpaired) electrons. The van der Waals surface area contributed by atoms with Gasteiger partial charge < -0.3 is 0 Å². The maximum absolute atomic E-state index is 3.59. The van der Waals surface area contributed by atoms with Crippen LogP contribution >= 0.6 is 27.9 Å². The molecular weight excluding hydrogens is 354 g/mol. The molecule has 0 saturated carbocycles. The fourth-order valence-electron chi connectivity index (χ4n) is 2.71. The fraction of sp³-hybridized carbons (Fsp3) is 0.0526. The highest BCUT2D eigenvalue weighted by molar-refractivity contribution is 9.10. The van der Waals surface area contributed by atoms with Crippen LogP contribution in [0.4, 0.5) is 0 Å². The van der Waals surface area contributed by atoms with Gasteiger partial charge in [0, 0.05) is 20.1 Å². The minimum absolute atomic E-state index is 1.11. The van der Waals surface area contributed by atoms with Gasteiger partial charge in [0.1, 0.15) is 0 Å². The molecule has 0 saturated heterocycles. The third-order valence-corrected chi connectivity index (χ3v) is 5.36. The number of aryl methyl sites for hydroxylation is 1. The van der Waals surface area contributed by atoms with E-state index in [0.29, 0.717) is 0 Å². The van der Waals surface area contributed by atoms with E-state index in [0.717, 1.165) is 4.47 Å². The number of rotatable bonds is 2. The number of halogens is 1. The Morgan fingerprint density at radius 1 is 0.818 bits per heavy atom. The van der Waals surface area contributed by atoms with Crippen LogP contribution in [-0.2, 0) is 0 Å². The summed E-state index contributed by atoms with van der Waals surface area (Å²) in [7, 11) is 0. The first kappa shape index (κ1) is 13.9. The molecule has 1 heterocycles. The van der Waals surface area contributed by atoms with Crippen molar-refractivity contribution in [2.45, 2.75) is 11.8 Å². The summed E-state index contributed by atoms with van der Waals surface area (Å²) in [6.45, 7) is 2.12. The molecule has 0 aliphatic rings. The van der Waals surface area contributed by atoms with Crippen LogP contribution in [0.25, 0.3) is 21.8 Å². The molecule has 0 bridgehead atoms. The third-order valence-electron chi connectivity index (χ3n) is 3.81. The molecule has 4 aromatic rings. The van der Waals surface area contributed by atoms with E-state index >= 15 is 0 Å². The van der Waals surface area contributed by atoms with Gasteiger partial charge in [-0.05, 0) is 55.3 Å². The lowest BCUT2D eigenvalue weighted by molar-refractivity contribution is 1.34. The molecular formula is C19H14BrNS. The zero-order chi connectivity index (χ0) is 15.1. The summed E-state index contributed by atoms with van der Waals surface area (Å²) in [6, 6.07) is 23.7. The third kappa shape index (κ3) is 2.34. The van der Waals surface area contributed by atoms with Crippen LogP contribution in [0.2, 0.25) is 0 Å². The van der Waals surface area contributed by atoms with Crippen molar-refractivity contribution in [3.05, 3.63) is 76.8 Å². The number of nitrogens with zero attached hydrogens (tertiary/aromatic N) is 1. The van der Waals surface area contributed by atoms with Gasteiger partial charge in [0.15, 0.2) is 0 Å². The van der Waals surface area contributed by atoms with Crippen LogP contribution in [0.3, 0.4) is 0 Å². The number of hydrogen-bond acceptors (Lipinski definition) is 1. The highest BCUT2D eigenvalue weighted by Crippen LogP contribution is 2.36. The van der Waals surface area contributed by atoms with Crippen molar-refractivity contribution in [1.29, 1.82) is 0 Å². The van der Waals surface area contributed by atoms with Crippen LogP contribution in [0.1, 0.15) is 5.56 Å². The molecule has 0 N–H and O–H groups in total. The van der Waals surface area contributed by atoms with Crippen molar-refractivity contribution in [2.75, 3.05) is 0 Å². The predicted octanol–water partition coefficient (Wildman–Crippen LogP) is 6.42. The smallest absolute Gasteiger partial charge is 0.0608 e. The van der Waals surface area contributed by atoms with Crippen molar-refractivity contribution in [1.82, 2.24) is 3.97 Å². The lowest BCUT2D eigenvalue weighted by Gasteiger charge is -2.06. The molecule has 0 atom stereocenters. The van der Waals surface area contributed by atoms with Crippen LogP contribution in [0.15, 0.2) is 76.1 Å². The van der Waals surface area contributed by atoms with Crippen molar-refractivity contribution >= 4 is 49.7 Å². The quantitative estimate of drug-likeness (QED) is 0.395. The van der Waals surface area contributed by atoms with Gasteiger partial charge in [0.2, 0.25) is 0 Å². The minimum atomic E-state index is 1.11. The zero-order valence-electron chi connectivity index (χ0n) is 12.1. The fourth-order valence-corrected chi connectivity index (χ4v) is 4.06. The second-order valence-electron chi connectivity index (χ2n) is 5.38. The maximum atomic E-state index is 3.59. The lowest BCUT2D eigenvalue weighted by Crippen LogP contribution is -1.86. The van der Waals surface area contributed by atoms with E-state index in [1.165, 1.54) is 32.3 Å². The van der Waals surface area contributed by atoms with E-state index in [2.05, 4.69) is 93.6 Å². The Balaban J connectivity index is 1.96. The molecule has 1 nitrogen and oxygen atoms in total. The summed E-state index contributed by atoms with van der Waals surface area (Å²) in [5.41, 5.74) is 3.78. The Hall–Kier alpha value is -1.71. The summed E-state index contributed by atoms with van der Waals surface area (Å²) in [4.78, 5) is 1.25. The molecule has 0 amide bonds. The molecule has 0 aliphatic heterocycles. The molecule has 0 aliphatic carbocycles. The van der Waals surface area contributed by atoms with Gasteiger partial charge >= 0.3 is 0 Å². The van der Waals surface area contributed by atoms with Crippen LogP contribution in [0.5, 0.6) is 0 Å². The van der Waals surface area contributed by atoms with Gasteiger partial charge in [-0.3, -0.25) is 3.97 Å². The average molecular weight is 368 g/mol. The van der Waals surface area contributed by atoms with Gasteiger partial charge in [-0.2, -0.15) is 0 Å². The normalized spacial score (nSPS) is 11.4. The van der Waals surface area contributed by atoms with E-state index in [1.54, 1.807) is 11.9 Å². The second kappa shape index (κ2) is 5.49. The topological polar surface area (TPSA) is 4.93 Å². The molecule has 4 rings (SSSR count). The molecule has 1 aromatic heterocycles. The first-order chi connectivity index (χ1) is 10.7. The number of aromatic nitrogens is 1. The molecule has 3 heteroatoms. The molecule has 0 fully saturated rings. The number of benzene rings is 3. The average Bonchev–Trinajstić information content (AvgIpc) is 2.83. The van der Waals surface area contributed by atoms with E-state index in [9.17, 15) is 0 Å². The number of fused-ring (bicyclic) bond motifs is 3. The van der Waals surface area contributed by atoms with E-state index in [1.807, 2.05) is 0 Å². The minimum Gasteiger partial charge on any atom is -0.279 e. The first-order valence-electron chi connectivity index (χ1n) is 7.16. The Kier molecular flexibility index (Phi) is 3.47. The van der Waals surface area contributed by atoms with Gasteiger partial charge in [-0.25, -0.2) is 0 Å². The van der Waals surface area contributed by atoms with Crippen molar-refractivity contribution < 1.29 is 0 Å². The van der Waals surface area contributed by atoms with Crippen LogP contribution in [-0.4, -0.2) is 3.97 Å². The standard InChI is InChI=1S/C19H14BrNS/c1-13-6-9-15(10-7-13)22-21-18-5-3-2-4-16(18)17-12-14(20)8-11-19(17)21/h2-12H,1H3. The Morgan fingerprint density at radius 3 is 2.36 bits per heavy atom. The SMILES string of the molecule is Cc1ccc(Sn2c3ccccc3c3cc(Br)ccc32)cc1. The summed E-state index contributed by atoms with van der Waals surface area (Å²) >= 11 is 5.36. The monoisotopic (exact) mass is 367 g/mol. The van der Waals surface area contributed by atoms with Gasteiger partial charge in [-0.15, -0.1) is 0 Å². The van der Waals surface area contributed by atoms with Crippen LogP contribution < -0.4 is 0 Å². The van der Waals surface area contributed by atoms with E-state index < -0.39 is 0 Å². The van der Waals surface area contributed by atoms with Gasteiger partial charge in [-0.1, -0.05) is 51.8 Å². The number of para-hydroxylation sites is 1. The van der Waals surface area contributed by atoms with Gasteiger partial charge in [0.05, 0.1) is 11.0 Å². The maximum Gasteiger partial charge on any atom is 0.0608 e. The first-order valence-corrected chi connectivity index (χ1v) is 8.73. The zero-order valence-corrected chi connectivity index (χ0v) is 14.5. The van der Waals surface area contributed by atoms with E-state index in [4.69, 9.17) is 0 Å². The highest BCUT2D eigenvalue weighted by atomic mass is 79.9. The summed E-state index contributed by atoms with van der Waals surface area (Å²) in [6.07, 6.45) is 0. The summed E-state index contributed by atoms with van der Waals surface area (Å²) in [5, 5.41) is 2.57. The Labute approximate surface area is 142 Å². The Morgan fingerprint density at radius 2 is 1.55 bits per heavy atom. The van der Waals surface area contributed by atoms with Gasteiger partial charge in [0.25, 0.3) is 0 Å². The largest absolute Gasteiger partial charge is 0.279 e. The van der Waals surface area contributed by atoms with Crippen molar-refractivity contribution in [3.63, 3.8) is 0 Å². The molecule has 3 aromatic carbocycles. The summed E-state index contributed by atoms with van der Waals surface area (Å²) in [5.74, 6) is 0. The second-order valence-corrected chi connectivity index (χ2v) is 7.31. The highest BCUT2D eigenvalue weighted by Gasteiger charge is 2.11. The molecule has 108 valence electrons. The molecule has 22 heavy (non-hydrogen) atoms. The number of hydrogen-bond donors (Lipinski definition) is 0. The van der Waals surface area contributed by atoms with Crippen LogP contribution in [0, 0.1) is 6.92 Å². The predicted molar refractivity (Wildman–Crippen MR) is 99.6 cm³/mol.